The minimum Gasteiger partial charge on any atom is -0.495 e. The summed E-state index contributed by atoms with van der Waals surface area (Å²) in [5.74, 6) is 0.624. The van der Waals surface area contributed by atoms with Gasteiger partial charge in [0, 0.05) is 30.4 Å². The van der Waals surface area contributed by atoms with Crippen LogP contribution in [0.4, 0.5) is 5.69 Å². The highest BCUT2D eigenvalue weighted by molar-refractivity contribution is 7.71. The molecule has 5 nitrogen and oxygen atoms in total. The van der Waals surface area contributed by atoms with Crippen molar-refractivity contribution in [1.29, 1.82) is 0 Å². The highest BCUT2D eigenvalue weighted by atomic mass is 35.5. The van der Waals surface area contributed by atoms with E-state index in [2.05, 4.69) is 15.2 Å². The number of carbonyl (C=O) groups excluding carboxylic acids is 1. The number of nitrogens with zero attached hydrogens (tertiary/aromatic N) is 1. The Bertz CT molecular complexity index is 808. The number of benzene rings is 1. The molecule has 1 atom stereocenters. The number of carbonyl (C=O) groups is 1. The molecule has 3 rings (SSSR count). The first-order chi connectivity index (χ1) is 11.6. The number of aromatic amines is 1. The highest BCUT2D eigenvalue weighted by Gasteiger charge is 2.26. The third-order valence-electron chi connectivity index (χ3n) is 4.07. The number of amides is 1. The molecule has 1 aliphatic heterocycles. The van der Waals surface area contributed by atoms with E-state index in [1.54, 1.807) is 31.5 Å². The van der Waals surface area contributed by atoms with Gasteiger partial charge in [-0.2, -0.15) is 0 Å². The number of rotatable bonds is 4. The number of H-pyrrole nitrogens is 1. The van der Waals surface area contributed by atoms with Gasteiger partial charge in [0.2, 0.25) is 0 Å². The molecule has 0 aliphatic carbocycles. The number of methoxy groups -OCH3 is 1. The van der Waals surface area contributed by atoms with Gasteiger partial charge in [0.05, 0.1) is 18.4 Å². The number of nitrogens with one attached hydrogen (secondary N) is 2. The lowest BCUT2D eigenvalue weighted by Crippen LogP contribution is -2.37. The van der Waals surface area contributed by atoms with Crippen molar-refractivity contribution in [3.63, 3.8) is 0 Å². The van der Waals surface area contributed by atoms with Crippen molar-refractivity contribution in [2.24, 2.45) is 0 Å². The van der Waals surface area contributed by atoms with Crippen LogP contribution in [0.3, 0.4) is 0 Å². The molecule has 1 unspecified atom stereocenters. The van der Waals surface area contributed by atoms with E-state index >= 15 is 0 Å². The van der Waals surface area contributed by atoms with Gasteiger partial charge < -0.3 is 19.9 Å². The SMILES string of the molecule is COc1ccc(Cl)cc1N1CCC(NC(=O)c2ccc[nH]c2=S)C1. The largest absolute Gasteiger partial charge is 0.495 e. The van der Waals surface area contributed by atoms with Crippen molar-refractivity contribution in [1.82, 2.24) is 10.3 Å². The first-order valence-corrected chi connectivity index (χ1v) is 8.44. The predicted molar refractivity (Wildman–Crippen MR) is 97.7 cm³/mol. The van der Waals surface area contributed by atoms with E-state index in [-0.39, 0.29) is 11.9 Å². The number of hydrogen-bond acceptors (Lipinski definition) is 4. The van der Waals surface area contributed by atoms with Gasteiger partial charge in [-0.3, -0.25) is 4.79 Å². The Hall–Kier alpha value is -2.05. The molecular weight excluding hydrogens is 346 g/mol. The standard InChI is InChI=1S/C17H18ClN3O2S/c1-23-15-5-4-11(18)9-14(15)21-8-6-12(10-21)20-16(22)13-3-2-7-19-17(13)24/h2-5,7,9,12H,6,8,10H2,1H3,(H,19,24)(H,20,22). The molecule has 1 aliphatic rings. The van der Waals surface area contributed by atoms with E-state index in [1.807, 2.05) is 12.1 Å². The van der Waals surface area contributed by atoms with Crippen LogP contribution >= 0.6 is 23.8 Å². The Morgan fingerprint density at radius 2 is 2.29 bits per heavy atom. The molecule has 1 amide bonds. The first-order valence-electron chi connectivity index (χ1n) is 7.65. The second-order valence-corrected chi connectivity index (χ2v) is 6.48. The molecular formula is C17H18ClN3O2S. The summed E-state index contributed by atoms with van der Waals surface area (Å²) >= 11 is 11.3. The number of pyridine rings is 1. The van der Waals surface area contributed by atoms with Crippen molar-refractivity contribution >= 4 is 35.4 Å². The number of ether oxygens (including phenoxy) is 1. The minimum atomic E-state index is -0.151. The van der Waals surface area contributed by atoms with Crippen LogP contribution in [0.1, 0.15) is 16.8 Å². The van der Waals surface area contributed by atoms with Crippen molar-refractivity contribution in [2.75, 3.05) is 25.1 Å². The third-order valence-corrected chi connectivity index (χ3v) is 4.64. The van der Waals surface area contributed by atoms with E-state index < -0.39 is 0 Å². The monoisotopic (exact) mass is 363 g/mol. The Morgan fingerprint density at radius 1 is 1.46 bits per heavy atom. The summed E-state index contributed by atoms with van der Waals surface area (Å²) in [7, 11) is 1.64. The number of hydrogen-bond donors (Lipinski definition) is 2. The summed E-state index contributed by atoms with van der Waals surface area (Å²) in [5.41, 5.74) is 1.44. The summed E-state index contributed by atoms with van der Waals surface area (Å²) in [5, 5.41) is 3.71. The van der Waals surface area contributed by atoms with Gasteiger partial charge in [-0.15, -0.1) is 0 Å². The van der Waals surface area contributed by atoms with Crippen molar-refractivity contribution < 1.29 is 9.53 Å². The molecule has 1 aromatic heterocycles. The van der Waals surface area contributed by atoms with E-state index in [0.717, 1.165) is 24.4 Å². The maximum atomic E-state index is 12.4. The summed E-state index contributed by atoms with van der Waals surface area (Å²) in [6, 6.07) is 9.08. The highest BCUT2D eigenvalue weighted by Crippen LogP contribution is 2.33. The van der Waals surface area contributed by atoms with Gasteiger partial charge in [0.25, 0.3) is 5.91 Å². The van der Waals surface area contributed by atoms with Crippen LogP contribution in [0.5, 0.6) is 5.75 Å². The quantitative estimate of drug-likeness (QED) is 0.817. The molecule has 7 heteroatoms. The van der Waals surface area contributed by atoms with Crippen LogP contribution in [0.25, 0.3) is 0 Å². The Balaban J connectivity index is 1.70. The molecule has 0 saturated carbocycles. The van der Waals surface area contributed by atoms with Crippen molar-refractivity contribution in [3.05, 3.63) is 51.8 Å². The number of anilines is 1. The molecule has 126 valence electrons. The fourth-order valence-corrected chi connectivity index (χ4v) is 3.27. The molecule has 1 aromatic carbocycles. The second kappa shape index (κ2) is 7.23. The molecule has 24 heavy (non-hydrogen) atoms. The van der Waals surface area contributed by atoms with Crippen LogP contribution in [-0.4, -0.2) is 37.1 Å². The van der Waals surface area contributed by atoms with Gasteiger partial charge in [-0.25, -0.2) is 0 Å². The zero-order chi connectivity index (χ0) is 17.1. The smallest absolute Gasteiger partial charge is 0.254 e. The Kier molecular flexibility index (Phi) is 5.06. The van der Waals surface area contributed by atoms with E-state index in [0.29, 0.717) is 21.8 Å². The van der Waals surface area contributed by atoms with Gasteiger partial charge in [0.15, 0.2) is 0 Å². The zero-order valence-corrected chi connectivity index (χ0v) is 14.8. The number of halogens is 1. The van der Waals surface area contributed by atoms with E-state index in [4.69, 9.17) is 28.6 Å². The van der Waals surface area contributed by atoms with Gasteiger partial charge in [-0.1, -0.05) is 23.8 Å². The van der Waals surface area contributed by atoms with Gasteiger partial charge >= 0.3 is 0 Å². The molecule has 0 radical (unpaired) electrons. The lowest BCUT2D eigenvalue weighted by Gasteiger charge is -2.21. The van der Waals surface area contributed by atoms with Crippen LogP contribution in [0, 0.1) is 4.64 Å². The van der Waals surface area contributed by atoms with Crippen LogP contribution in [0.2, 0.25) is 5.02 Å². The predicted octanol–water partition coefficient (Wildman–Crippen LogP) is 3.41. The second-order valence-electron chi connectivity index (χ2n) is 5.63. The zero-order valence-electron chi connectivity index (χ0n) is 13.2. The summed E-state index contributed by atoms with van der Waals surface area (Å²) in [6.07, 6.45) is 2.56. The molecule has 1 fully saturated rings. The normalized spacial score (nSPS) is 16.9. The molecule has 2 N–H and O–H groups in total. The van der Waals surface area contributed by atoms with Gasteiger partial charge in [-0.05, 0) is 36.8 Å². The molecule has 1 saturated heterocycles. The average Bonchev–Trinajstić information content (AvgIpc) is 3.03. The van der Waals surface area contributed by atoms with Crippen LogP contribution in [-0.2, 0) is 0 Å². The summed E-state index contributed by atoms with van der Waals surface area (Å²) < 4.78 is 5.85. The average molecular weight is 364 g/mol. The molecule has 0 bridgehead atoms. The van der Waals surface area contributed by atoms with Crippen LogP contribution < -0.4 is 15.0 Å². The number of aromatic nitrogens is 1. The molecule has 0 spiro atoms. The fraction of sp³-hybridized carbons (Fsp3) is 0.294. The van der Waals surface area contributed by atoms with E-state index in [1.165, 1.54) is 0 Å². The summed E-state index contributed by atoms with van der Waals surface area (Å²) in [6.45, 7) is 1.52. The maximum Gasteiger partial charge on any atom is 0.254 e. The third kappa shape index (κ3) is 3.55. The molecule has 2 heterocycles. The lowest BCUT2D eigenvalue weighted by atomic mass is 10.2. The maximum absolute atomic E-state index is 12.4. The summed E-state index contributed by atoms with van der Waals surface area (Å²) in [4.78, 5) is 17.4. The molecule has 2 aromatic rings. The first kappa shape index (κ1) is 16.8. The fourth-order valence-electron chi connectivity index (χ4n) is 2.87. The minimum absolute atomic E-state index is 0.0517. The topological polar surface area (TPSA) is 57.4 Å². The van der Waals surface area contributed by atoms with Gasteiger partial charge in [0.1, 0.15) is 10.4 Å². The van der Waals surface area contributed by atoms with Crippen LogP contribution in [0.15, 0.2) is 36.5 Å². The lowest BCUT2D eigenvalue weighted by molar-refractivity contribution is 0.0939. The van der Waals surface area contributed by atoms with Crippen molar-refractivity contribution in [2.45, 2.75) is 12.5 Å². The van der Waals surface area contributed by atoms with Crippen molar-refractivity contribution in [3.8, 4) is 5.75 Å². The Labute approximate surface area is 150 Å². The van der Waals surface area contributed by atoms with E-state index in [9.17, 15) is 4.79 Å². The Morgan fingerprint density at radius 3 is 3.04 bits per heavy atom.